The molecule has 0 saturated carbocycles. The molecular weight excluding hydrogens is 478 g/mol. The molecule has 0 fully saturated rings. The summed E-state index contributed by atoms with van der Waals surface area (Å²) < 4.78 is 11.8. The fourth-order valence-electron chi connectivity index (χ4n) is 2.92. The highest BCUT2D eigenvalue weighted by Gasteiger charge is 2.22. The van der Waals surface area contributed by atoms with Crippen LogP contribution in [-0.2, 0) is 9.53 Å². The van der Waals surface area contributed by atoms with Gasteiger partial charge in [0.2, 0.25) is 5.91 Å². The number of carbonyl (C=O) groups excluding carboxylic acids is 2. The third-order valence-electron chi connectivity index (χ3n) is 4.30. The van der Waals surface area contributed by atoms with E-state index in [1.807, 2.05) is 60.8 Å². The summed E-state index contributed by atoms with van der Waals surface area (Å²) in [6.07, 6.45) is 3.11. The summed E-state index contributed by atoms with van der Waals surface area (Å²) in [7, 11) is 0. The van der Waals surface area contributed by atoms with E-state index in [9.17, 15) is 9.59 Å². The van der Waals surface area contributed by atoms with E-state index in [-0.39, 0.29) is 12.5 Å². The molecule has 0 unspecified atom stereocenters. The van der Waals surface area contributed by atoms with Gasteiger partial charge in [0.15, 0.2) is 0 Å². The summed E-state index contributed by atoms with van der Waals surface area (Å²) in [5.74, 6) is -0.112. The molecule has 0 spiro atoms. The molecule has 0 saturated heterocycles. The van der Waals surface area contributed by atoms with E-state index >= 15 is 0 Å². The Morgan fingerprint density at radius 1 is 1.06 bits per heavy atom. The fraction of sp³-hybridized carbons (Fsp3) is 0.167. The molecule has 160 valence electrons. The van der Waals surface area contributed by atoms with Crippen LogP contribution in [-0.4, -0.2) is 25.1 Å². The van der Waals surface area contributed by atoms with Gasteiger partial charge < -0.3 is 14.8 Å². The lowest BCUT2D eigenvalue weighted by Gasteiger charge is -2.08. The van der Waals surface area contributed by atoms with Crippen LogP contribution in [0.3, 0.4) is 0 Å². The monoisotopic (exact) mass is 499 g/mol. The van der Waals surface area contributed by atoms with Gasteiger partial charge in [-0.05, 0) is 43.7 Å². The van der Waals surface area contributed by atoms with E-state index in [2.05, 4.69) is 21.2 Å². The Morgan fingerprint density at radius 2 is 1.81 bits per heavy atom. The molecule has 0 aliphatic carbocycles. The molecule has 0 aliphatic heterocycles. The number of hydrogen-bond donors (Lipinski definition) is 1. The van der Waals surface area contributed by atoms with Crippen LogP contribution in [0.15, 0.2) is 64.5 Å². The van der Waals surface area contributed by atoms with Gasteiger partial charge in [-0.15, -0.1) is 11.3 Å². The Morgan fingerprint density at radius 3 is 2.52 bits per heavy atom. The zero-order chi connectivity index (χ0) is 22.2. The number of thiophene rings is 1. The van der Waals surface area contributed by atoms with Gasteiger partial charge in [-0.2, -0.15) is 0 Å². The molecule has 5 nitrogen and oxygen atoms in total. The number of nitrogens with one attached hydrogen (secondary N) is 1. The zero-order valence-electron chi connectivity index (χ0n) is 17.2. The molecule has 7 heteroatoms. The van der Waals surface area contributed by atoms with Gasteiger partial charge in [-0.3, -0.25) is 4.79 Å². The van der Waals surface area contributed by atoms with Crippen LogP contribution in [0.4, 0.5) is 5.00 Å². The van der Waals surface area contributed by atoms with Gasteiger partial charge in [-0.25, -0.2) is 4.79 Å². The Balaban J connectivity index is 1.86. The van der Waals surface area contributed by atoms with Crippen LogP contribution in [0.2, 0.25) is 0 Å². The Hall–Kier alpha value is -2.90. The minimum atomic E-state index is -0.470. The van der Waals surface area contributed by atoms with Crippen molar-refractivity contribution in [3.8, 4) is 16.9 Å². The molecule has 0 atom stereocenters. The van der Waals surface area contributed by atoms with Crippen LogP contribution >= 0.6 is 27.3 Å². The highest BCUT2D eigenvalue weighted by Crippen LogP contribution is 2.36. The Labute approximate surface area is 193 Å². The van der Waals surface area contributed by atoms with Crippen molar-refractivity contribution in [1.29, 1.82) is 0 Å². The molecule has 1 heterocycles. The predicted octanol–water partition coefficient (Wildman–Crippen LogP) is 6.40. The molecule has 3 rings (SSSR count). The first kappa shape index (κ1) is 22.8. The van der Waals surface area contributed by atoms with E-state index in [1.54, 1.807) is 13.0 Å². The largest absolute Gasteiger partial charge is 0.493 e. The number of amides is 1. The van der Waals surface area contributed by atoms with Gasteiger partial charge in [0.05, 0.1) is 13.2 Å². The topological polar surface area (TPSA) is 64.6 Å². The number of rotatable bonds is 8. The lowest BCUT2D eigenvalue weighted by atomic mass is 10.0. The number of benzene rings is 2. The third-order valence-corrected chi connectivity index (χ3v) is 5.72. The maximum atomic E-state index is 12.7. The van der Waals surface area contributed by atoms with Crippen LogP contribution in [0, 0.1) is 0 Å². The molecule has 3 aromatic rings. The van der Waals surface area contributed by atoms with E-state index < -0.39 is 5.97 Å². The van der Waals surface area contributed by atoms with Gasteiger partial charge in [0.1, 0.15) is 16.3 Å². The van der Waals surface area contributed by atoms with Gasteiger partial charge in [0.25, 0.3) is 0 Å². The Kier molecular flexibility index (Phi) is 8.03. The molecule has 1 aromatic heterocycles. The number of ether oxygens (including phenoxy) is 2. The minimum absolute atomic E-state index is 0.246. The summed E-state index contributed by atoms with van der Waals surface area (Å²) in [6, 6.07) is 15.1. The van der Waals surface area contributed by atoms with Crippen LogP contribution in [0.1, 0.15) is 29.8 Å². The second-order valence-electron chi connectivity index (χ2n) is 6.37. The Bertz CT molecular complexity index is 1090. The molecule has 0 radical (unpaired) electrons. The van der Waals surface area contributed by atoms with E-state index in [1.165, 1.54) is 17.4 Å². The van der Waals surface area contributed by atoms with Crippen molar-refractivity contribution in [2.75, 3.05) is 18.5 Å². The molecule has 0 bridgehead atoms. The average molecular weight is 500 g/mol. The van der Waals surface area contributed by atoms with Crippen molar-refractivity contribution in [3.05, 3.63) is 75.6 Å². The van der Waals surface area contributed by atoms with Crippen molar-refractivity contribution in [2.24, 2.45) is 0 Å². The maximum absolute atomic E-state index is 12.7. The second-order valence-corrected chi connectivity index (χ2v) is 8.17. The number of para-hydroxylation sites is 1. The van der Waals surface area contributed by atoms with Crippen LogP contribution in [0.25, 0.3) is 17.2 Å². The van der Waals surface area contributed by atoms with Crippen LogP contribution < -0.4 is 10.1 Å². The second kappa shape index (κ2) is 10.9. The van der Waals surface area contributed by atoms with Gasteiger partial charge in [0, 0.05) is 27.1 Å². The third kappa shape index (κ3) is 5.83. The van der Waals surface area contributed by atoms with Crippen molar-refractivity contribution < 1.29 is 19.1 Å². The average Bonchev–Trinajstić information content (AvgIpc) is 3.17. The fourth-order valence-corrected chi connectivity index (χ4v) is 4.15. The summed E-state index contributed by atoms with van der Waals surface area (Å²) in [5.41, 5.74) is 2.73. The first-order valence-corrected chi connectivity index (χ1v) is 11.5. The normalized spacial score (nSPS) is 10.8. The quantitative estimate of drug-likeness (QED) is 0.287. The maximum Gasteiger partial charge on any atom is 0.341 e. The summed E-state index contributed by atoms with van der Waals surface area (Å²) in [4.78, 5) is 25.2. The van der Waals surface area contributed by atoms with Gasteiger partial charge >= 0.3 is 5.97 Å². The molecule has 0 aliphatic rings. The predicted molar refractivity (Wildman–Crippen MR) is 129 cm³/mol. The summed E-state index contributed by atoms with van der Waals surface area (Å²) >= 11 is 4.70. The van der Waals surface area contributed by atoms with Gasteiger partial charge in [-0.1, -0.05) is 46.3 Å². The number of anilines is 1. The molecule has 1 N–H and O–H groups in total. The molecule has 1 amide bonds. The SMILES string of the molecule is CCOC(=O)c1c(-c2ccc(Br)cc2)csc1NC(=O)C=Cc1ccccc1OCC. The van der Waals surface area contributed by atoms with Crippen LogP contribution in [0.5, 0.6) is 5.75 Å². The standard InChI is InChI=1S/C24H22BrNO4S/c1-3-29-20-8-6-5-7-17(20)11-14-21(27)26-23-22(24(28)30-4-2)19(15-31-23)16-9-12-18(25)13-10-16/h5-15H,3-4H2,1-2H3,(H,26,27). The van der Waals surface area contributed by atoms with Crippen molar-refractivity contribution in [2.45, 2.75) is 13.8 Å². The van der Waals surface area contributed by atoms with E-state index in [0.717, 1.165) is 21.2 Å². The number of halogens is 1. The first-order chi connectivity index (χ1) is 15.0. The van der Waals surface area contributed by atoms with Crippen molar-refractivity contribution >= 4 is 50.2 Å². The van der Waals surface area contributed by atoms with E-state index in [0.29, 0.717) is 22.9 Å². The smallest absolute Gasteiger partial charge is 0.341 e. The number of carbonyl (C=O) groups is 2. The zero-order valence-corrected chi connectivity index (χ0v) is 19.6. The minimum Gasteiger partial charge on any atom is -0.493 e. The molecular formula is C24H22BrNO4S. The summed E-state index contributed by atoms with van der Waals surface area (Å²) in [6.45, 7) is 4.44. The highest BCUT2D eigenvalue weighted by atomic mass is 79.9. The molecule has 31 heavy (non-hydrogen) atoms. The number of hydrogen-bond acceptors (Lipinski definition) is 5. The number of esters is 1. The highest BCUT2D eigenvalue weighted by molar-refractivity contribution is 9.10. The summed E-state index contributed by atoms with van der Waals surface area (Å²) in [5, 5.41) is 5.11. The lowest BCUT2D eigenvalue weighted by Crippen LogP contribution is -2.12. The van der Waals surface area contributed by atoms with Crippen molar-refractivity contribution in [3.63, 3.8) is 0 Å². The van der Waals surface area contributed by atoms with Crippen molar-refractivity contribution in [1.82, 2.24) is 0 Å². The van der Waals surface area contributed by atoms with E-state index in [4.69, 9.17) is 9.47 Å². The lowest BCUT2D eigenvalue weighted by molar-refractivity contribution is -0.111. The molecule has 2 aromatic carbocycles. The first-order valence-electron chi connectivity index (χ1n) is 9.78.